The predicted octanol–water partition coefficient (Wildman–Crippen LogP) is 3.25. The van der Waals surface area contributed by atoms with Crippen LogP contribution in [0.15, 0.2) is 24.3 Å². The number of rotatable bonds is 8. The summed E-state index contributed by atoms with van der Waals surface area (Å²) in [7, 11) is 0. The van der Waals surface area contributed by atoms with Crippen LogP contribution in [0.1, 0.15) is 59.4 Å². The maximum Gasteiger partial charge on any atom is 0.260 e. The Morgan fingerprint density at radius 3 is 2.24 bits per heavy atom. The Morgan fingerprint density at radius 1 is 1.04 bits per heavy atom. The van der Waals surface area contributed by atoms with Crippen molar-refractivity contribution in [3.8, 4) is 5.75 Å². The Balaban J connectivity index is 2.39. The molecule has 0 aromatic heterocycles. The fourth-order valence-corrected chi connectivity index (χ4v) is 2.38. The summed E-state index contributed by atoms with van der Waals surface area (Å²) in [4.78, 5) is 23.9. The van der Waals surface area contributed by atoms with Gasteiger partial charge in [-0.2, -0.15) is 0 Å². The second-order valence-corrected chi connectivity index (χ2v) is 7.83. The number of carbonyl (C=O) groups is 2. The summed E-state index contributed by atoms with van der Waals surface area (Å²) < 4.78 is 5.81. The Kier molecular flexibility index (Phi) is 7.94. The van der Waals surface area contributed by atoms with E-state index in [4.69, 9.17) is 4.74 Å². The molecule has 1 aromatic carbocycles. The molecule has 0 saturated heterocycles. The van der Waals surface area contributed by atoms with Crippen molar-refractivity contribution in [2.75, 3.05) is 13.1 Å². The topological polar surface area (TPSA) is 67.4 Å². The van der Waals surface area contributed by atoms with Gasteiger partial charge in [0, 0.05) is 19.5 Å². The lowest BCUT2D eigenvalue weighted by Crippen LogP contribution is -2.41. The molecule has 0 aliphatic carbocycles. The first kappa shape index (κ1) is 21.0. The number of para-hydroxylation sites is 1. The molecule has 1 aromatic rings. The molecule has 0 radical (unpaired) electrons. The van der Waals surface area contributed by atoms with Crippen molar-refractivity contribution in [3.63, 3.8) is 0 Å². The van der Waals surface area contributed by atoms with Gasteiger partial charge in [0.05, 0.1) is 0 Å². The van der Waals surface area contributed by atoms with E-state index in [2.05, 4.69) is 24.5 Å². The third-order valence-electron chi connectivity index (χ3n) is 3.65. The summed E-state index contributed by atoms with van der Waals surface area (Å²) in [6.45, 7) is 12.8. The maximum atomic E-state index is 12.2. The van der Waals surface area contributed by atoms with Crippen LogP contribution in [0.2, 0.25) is 0 Å². The van der Waals surface area contributed by atoms with Crippen LogP contribution in [0.3, 0.4) is 0 Å². The lowest BCUT2D eigenvalue weighted by atomic mass is 9.92. The van der Waals surface area contributed by atoms with Gasteiger partial charge in [0.2, 0.25) is 5.91 Å². The van der Waals surface area contributed by atoms with Crippen molar-refractivity contribution in [2.24, 2.45) is 5.41 Å². The van der Waals surface area contributed by atoms with Crippen LogP contribution >= 0.6 is 0 Å². The minimum Gasteiger partial charge on any atom is -0.481 e. The molecule has 0 fully saturated rings. The number of carbonyl (C=O) groups excluding carboxylic acids is 2. The molecule has 2 N–H and O–H groups in total. The molecule has 0 aliphatic heterocycles. The zero-order chi connectivity index (χ0) is 19.0. The van der Waals surface area contributed by atoms with Crippen molar-refractivity contribution < 1.29 is 14.3 Å². The van der Waals surface area contributed by atoms with Crippen molar-refractivity contribution in [2.45, 2.75) is 60.0 Å². The maximum absolute atomic E-state index is 12.2. The zero-order valence-corrected chi connectivity index (χ0v) is 16.3. The smallest absolute Gasteiger partial charge is 0.260 e. The SMILES string of the molecule is CC(Oc1ccccc1C(C)C)C(=O)NCCNC(=O)CC(C)(C)C. The molecule has 1 unspecified atom stereocenters. The molecule has 25 heavy (non-hydrogen) atoms. The molecule has 1 atom stereocenters. The highest BCUT2D eigenvalue weighted by molar-refractivity contribution is 5.81. The Labute approximate surface area is 151 Å². The van der Waals surface area contributed by atoms with Gasteiger partial charge in [-0.15, -0.1) is 0 Å². The van der Waals surface area contributed by atoms with Gasteiger partial charge in [-0.3, -0.25) is 9.59 Å². The number of amides is 2. The molecular formula is C20H32N2O3. The molecular weight excluding hydrogens is 316 g/mol. The van der Waals surface area contributed by atoms with Crippen molar-refractivity contribution in [1.82, 2.24) is 10.6 Å². The van der Waals surface area contributed by atoms with E-state index in [0.717, 1.165) is 11.3 Å². The second-order valence-electron chi connectivity index (χ2n) is 7.83. The molecule has 140 valence electrons. The fraction of sp³-hybridized carbons (Fsp3) is 0.600. The molecule has 0 bridgehead atoms. The molecule has 5 nitrogen and oxygen atoms in total. The molecule has 1 rings (SSSR count). The Morgan fingerprint density at radius 2 is 1.64 bits per heavy atom. The zero-order valence-electron chi connectivity index (χ0n) is 16.3. The van der Waals surface area contributed by atoms with Gasteiger partial charge in [-0.25, -0.2) is 0 Å². The largest absolute Gasteiger partial charge is 0.481 e. The summed E-state index contributed by atoms with van der Waals surface area (Å²) in [5.41, 5.74) is 1.04. The molecule has 0 heterocycles. The third kappa shape index (κ3) is 8.05. The van der Waals surface area contributed by atoms with Gasteiger partial charge < -0.3 is 15.4 Å². The Bertz CT molecular complexity index is 577. The number of hydrogen-bond donors (Lipinski definition) is 2. The Hall–Kier alpha value is -2.04. The van der Waals surface area contributed by atoms with Crippen LogP contribution in [0.5, 0.6) is 5.75 Å². The average molecular weight is 348 g/mol. The second kappa shape index (κ2) is 9.44. The minimum absolute atomic E-state index is 0.00286. The first-order chi connectivity index (χ1) is 11.6. The molecule has 0 saturated carbocycles. The van der Waals surface area contributed by atoms with Crippen LogP contribution in [0.25, 0.3) is 0 Å². The summed E-state index contributed by atoms with van der Waals surface area (Å²) in [6.07, 6.45) is -0.128. The van der Waals surface area contributed by atoms with Crippen LogP contribution in [0.4, 0.5) is 0 Å². The highest BCUT2D eigenvalue weighted by Gasteiger charge is 2.18. The van der Waals surface area contributed by atoms with Gasteiger partial charge >= 0.3 is 0 Å². The van der Waals surface area contributed by atoms with E-state index in [-0.39, 0.29) is 17.2 Å². The number of hydrogen-bond acceptors (Lipinski definition) is 3. The quantitative estimate of drug-likeness (QED) is 0.709. The molecule has 0 aliphatic rings. The van der Waals surface area contributed by atoms with Crippen molar-refractivity contribution >= 4 is 11.8 Å². The fourth-order valence-electron chi connectivity index (χ4n) is 2.38. The van der Waals surface area contributed by atoms with Gasteiger partial charge in [-0.05, 0) is 29.9 Å². The van der Waals surface area contributed by atoms with Crippen LogP contribution in [-0.4, -0.2) is 31.0 Å². The summed E-state index contributed by atoms with van der Waals surface area (Å²) in [6, 6.07) is 7.75. The first-order valence-electron chi connectivity index (χ1n) is 8.90. The number of benzene rings is 1. The monoisotopic (exact) mass is 348 g/mol. The highest BCUT2D eigenvalue weighted by Crippen LogP contribution is 2.26. The highest BCUT2D eigenvalue weighted by atomic mass is 16.5. The van der Waals surface area contributed by atoms with E-state index in [1.54, 1.807) is 6.92 Å². The predicted molar refractivity (Wildman–Crippen MR) is 101 cm³/mol. The van der Waals surface area contributed by atoms with Gasteiger partial charge in [0.15, 0.2) is 6.10 Å². The van der Waals surface area contributed by atoms with E-state index in [1.165, 1.54) is 0 Å². The van der Waals surface area contributed by atoms with Gasteiger partial charge in [0.1, 0.15) is 5.75 Å². The molecule has 5 heteroatoms. The van der Waals surface area contributed by atoms with E-state index in [9.17, 15) is 9.59 Å². The minimum atomic E-state index is -0.592. The lowest BCUT2D eigenvalue weighted by Gasteiger charge is -2.19. The van der Waals surface area contributed by atoms with E-state index >= 15 is 0 Å². The van der Waals surface area contributed by atoms with E-state index < -0.39 is 6.10 Å². The van der Waals surface area contributed by atoms with Crippen LogP contribution in [-0.2, 0) is 9.59 Å². The van der Waals surface area contributed by atoms with E-state index in [1.807, 2.05) is 45.0 Å². The molecule has 2 amide bonds. The first-order valence-corrected chi connectivity index (χ1v) is 8.90. The number of ether oxygens (including phenoxy) is 1. The summed E-state index contributed by atoms with van der Waals surface area (Å²) in [5.74, 6) is 0.864. The van der Waals surface area contributed by atoms with Crippen molar-refractivity contribution in [3.05, 3.63) is 29.8 Å². The number of nitrogens with one attached hydrogen (secondary N) is 2. The molecule has 0 spiro atoms. The summed E-state index contributed by atoms with van der Waals surface area (Å²) in [5, 5.41) is 5.60. The van der Waals surface area contributed by atoms with E-state index in [0.29, 0.717) is 25.4 Å². The average Bonchev–Trinajstić information content (AvgIpc) is 2.49. The van der Waals surface area contributed by atoms with Crippen LogP contribution in [0, 0.1) is 5.41 Å². The van der Waals surface area contributed by atoms with Gasteiger partial charge in [0.25, 0.3) is 5.91 Å². The third-order valence-corrected chi connectivity index (χ3v) is 3.65. The van der Waals surface area contributed by atoms with Crippen molar-refractivity contribution in [1.29, 1.82) is 0 Å². The lowest BCUT2D eigenvalue weighted by molar-refractivity contribution is -0.127. The van der Waals surface area contributed by atoms with Gasteiger partial charge in [-0.1, -0.05) is 52.8 Å². The standard InChI is InChI=1S/C20H32N2O3/c1-14(2)16-9-7-8-10-17(16)25-15(3)19(24)22-12-11-21-18(23)13-20(4,5)6/h7-10,14-15H,11-13H2,1-6H3,(H,21,23)(H,22,24). The summed E-state index contributed by atoms with van der Waals surface area (Å²) >= 11 is 0. The normalized spacial score (nSPS) is 12.6. The van der Waals surface area contributed by atoms with Crippen LogP contribution < -0.4 is 15.4 Å².